The van der Waals surface area contributed by atoms with Gasteiger partial charge in [0, 0.05) is 17.8 Å². The molecule has 1 atom stereocenters. The van der Waals surface area contributed by atoms with Crippen molar-refractivity contribution in [3.8, 4) is 11.3 Å². The van der Waals surface area contributed by atoms with E-state index in [-0.39, 0.29) is 11.7 Å². The zero-order valence-electron chi connectivity index (χ0n) is 17.5. The summed E-state index contributed by atoms with van der Waals surface area (Å²) in [7, 11) is 1.85. The van der Waals surface area contributed by atoms with Gasteiger partial charge in [0.05, 0.1) is 11.7 Å². The molecule has 2 rings (SSSR count). The Morgan fingerprint density at radius 2 is 1.90 bits per heavy atom. The van der Waals surface area contributed by atoms with Gasteiger partial charge in [-0.1, -0.05) is 13.8 Å². The highest BCUT2D eigenvalue weighted by molar-refractivity contribution is 5.96. The molecule has 0 aliphatic heterocycles. The minimum atomic E-state index is -0.463. The van der Waals surface area contributed by atoms with Crippen molar-refractivity contribution in [2.75, 3.05) is 20.1 Å². The van der Waals surface area contributed by atoms with E-state index in [1.807, 2.05) is 31.9 Å². The standard InChI is InChI=1S/C21H30FN5O2/c1-14(2)13-23-21(29)24-20(28)15(3)27(4)11-5-6-18-12-19(26-25-18)16-7-9-17(22)10-8-16/h7-10,12,14-15H,5-6,11,13H2,1-4H3,(H,25,26)(H2,23,24,28,29). The lowest BCUT2D eigenvalue weighted by Gasteiger charge is -2.23. The van der Waals surface area contributed by atoms with Gasteiger partial charge in [-0.2, -0.15) is 5.10 Å². The minimum absolute atomic E-state index is 0.275. The summed E-state index contributed by atoms with van der Waals surface area (Å²) in [6.45, 7) is 6.95. The van der Waals surface area contributed by atoms with E-state index in [2.05, 4.69) is 20.8 Å². The highest BCUT2D eigenvalue weighted by atomic mass is 19.1. The van der Waals surface area contributed by atoms with Gasteiger partial charge < -0.3 is 5.32 Å². The highest BCUT2D eigenvalue weighted by Gasteiger charge is 2.19. The van der Waals surface area contributed by atoms with Crippen LogP contribution in [0.3, 0.4) is 0 Å². The fourth-order valence-corrected chi connectivity index (χ4v) is 2.73. The molecule has 8 heteroatoms. The summed E-state index contributed by atoms with van der Waals surface area (Å²) >= 11 is 0. The first-order valence-corrected chi connectivity index (χ1v) is 9.85. The van der Waals surface area contributed by atoms with E-state index in [0.717, 1.165) is 29.8 Å². The minimum Gasteiger partial charge on any atom is -0.338 e. The van der Waals surface area contributed by atoms with Crippen molar-refractivity contribution < 1.29 is 14.0 Å². The SMILES string of the molecule is CC(C)CNC(=O)NC(=O)C(C)N(C)CCCc1cc(-c2ccc(F)cc2)n[nH]1. The van der Waals surface area contributed by atoms with Gasteiger partial charge in [-0.3, -0.25) is 20.1 Å². The first kappa shape index (κ1) is 22.5. The number of benzene rings is 1. The smallest absolute Gasteiger partial charge is 0.321 e. The predicted molar refractivity (Wildman–Crippen MR) is 111 cm³/mol. The molecule has 3 N–H and O–H groups in total. The molecule has 158 valence electrons. The summed E-state index contributed by atoms with van der Waals surface area (Å²) in [6, 6.07) is 7.28. The maximum Gasteiger partial charge on any atom is 0.321 e. The Balaban J connectivity index is 1.76. The molecule has 0 spiro atoms. The second kappa shape index (κ2) is 10.7. The predicted octanol–water partition coefficient (Wildman–Crippen LogP) is 2.95. The lowest BCUT2D eigenvalue weighted by molar-refractivity contribution is -0.124. The number of aryl methyl sites for hydroxylation is 1. The van der Waals surface area contributed by atoms with Gasteiger partial charge in [-0.25, -0.2) is 9.18 Å². The van der Waals surface area contributed by atoms with Crippen LogP contribution < -0.4 is 10.6 Å². The van der Waals surface area contributed by atoms with Gasteiger partial charge in [0.25, 0.3) is 0 Å². The highest BCUT2D eigenvalue weighted by Crippen LogP contribution is 2.18. The van der Waals surface area contributed by atoms with Crippen LogP contribution in [0.25, 0.3) is 11.3 Å². The van der Waals surface area contributed by atoms with Crippen LogP contribution in [-0.4, -0.2) is 53.2 Å². The molecule has 0 fully saturated rings. The Morgan fingerprint density at radius 3 is 2.55 bits per heavy atom. The van der Waals surface area contributed by atoms with Gasteiger partial charge >= 0.3 is 6.03 Å². The maximum absolute atomic E-state index is 13.0. The number of hydrogen-bond acceptors (Lipinski definition) is 4. The molecule has 7 nitrogen and oxygen atoms in total. The average Bonchev–Trinajstić information content (AvgIpc) is 3.15. The topological polar surface area (TPSA) is 90.1 Å². The molecule has 0 bridgehead atoms. The number of H-pyrrole nitrogens is 1. The molecule has 0 radical (unpaired) electrons. The van der Waals surface area contributed by atoms with Crippen LogP contribution >= 0.6 is 0 Å². The number of rotatable bonds is 9. The Hall–Kier alpha value is -2.74. The number of aromatic nitrogens is 2. The van der Waals surface area contributed by atoms with Crippen molar-refractivity contribution in [1.29, 1.82) is 0 Å². The molecular formula is C21H30FN5O2. The number of nitrogens with one attached hydrogen (secondary N) is 3. The first-order valence-electron chi connectivity index (χ1n) is 9.85. The van der Waals surface area contributed by atoms with Crippen molar-refractivity contribution in [2.45, 2.75) is 39.7 Å². The van der Waals surface area contributed by atoms with Crippen LogP contribution in [-0.2, 0) is 11.2 Å². The second-order valence-corrected chi connectivity index (χ2v) is 7.64. The van der Waals surface area contributed by atoms with Gasteiger partial charge in [0.1, 0.15) is 5.82 Å². The van der Waals surface area contributed by atoms with Crippen LogP contribution in [0.2, 0.25) is 0 Å². The van der Waals surface area contributed by atoms with E-state index in [1.165, 1.54) is 12.1 Å². The number of imide groups is 1. The molecule has 0 aliphatic carbocycles. The lowest BCUT2D eigenvalue weighted by atomic mass is 10.1. The monoisotopic (exact) mass is 403 g/mol. The van der Waals surface area contributed by atoms with Crippen LogP contribution in [0.4, 0.5) is 9.18 Å². The fourth-order valence-electron chi connectivity index (χ4n) is 2.73. The number of hydrogen-bond donors (Lipinski definition) is 3. The molecule has 1 aromatic heterocycles. The van der Waals surface area contributed by atoms with Gasteiger partial charge in [0.15, 0.2) is 0 Å². The Bertz CT molecular complexity index is 804. The molecule has 3 amide bonds. The number of halogens is 1. The van der Waals surface area contributed by atoms with Crippen molar-refractivity contribution in [2.24, 2.45) is 5.92 Å². The molecule has 1 heterocycles. The third-order valence-corrected chi connectivity index (χ3v) is 4.68. The number of nitrogens with zero attached hydrogens (tertiary/aromatic N) is 2. The summed E-state index contributed by atoms with van der Waals surface area (Å²) in [4.78, 5) is 25.8. The number of aromatic amines is 1. The van der Waals surface area contributed by atoms with E-state index in [0.29, 0.717) is 19.0 Å². The van der Waals surface area contributed by atoms with Crippen LogP contribution in [0, 0.1) is 11.7 Å². The summed E-state index contributed by atoms with van der Waals surface area (Å²) in [5.74, 6) is -0.279. The van der Waals surface area contributed by atoms with Gasteiger partial charge in [0.2, 0.25) is 5.91 Å². The quantitative estimate of drug-likeness (QED) is 0.600. The normalized spacial score (nSPS) is 12.2. The lowest BCUT2D eigenvalue weighted by Crippen LogP contribution is -2.49. The van der Waals surface area contributed by atoms with Crippen molar-refractivity contribution in [3.63, 3.8) is 0 Å². The first-order chi connectivity index (χ1) is 13.8. The second-order valence-electron chi connectivity index (χ2n) is 7.64. The third kappa shape index (κ3) is 7.30. The average molecular weight is 404 g/mol. The van der Waals surface area contributed by atoms with Crippen LogP contribution in [0.1, 0.15) is 32.9 Å². The Kier molecular flexibility index (Phi) is 8.33. The number of carbonyl (C=O) groups is 2. The summed E-state index contributed by atoms with van der Waals surface area (Å²) in [5.41, 5.74) is 2.60. The summed E-state index contributed by atoms with van der Waals surface area (Å²) in [5, 5.41) is 12.3. The van der Waals surface area contributed by atoms with E-state index in [4.69, 9.17) is 0 Å². The van der Waals surface area contributed by atoms with E-state index < -0.39 is 12.1 Å². The molecule has 0 saturated carbocycles. The number of likely N-dealkylation sites (N-methyl/N-ethyl adjacent to an activating group) is 1. The molecule has 1 unspecified atom stereocenters. The maximum atomic E-state index is 13.0. The van der Waals surface area contributed by atoms with Crippen molar-refractivity contribution in [1.82, 2.24) is 25.7 Å². The number of carbonyl (C=O) groups excluding carboxylic acids is 2. The van der Waals surface area contributed by atoms with Crippen LogP contribution in [0.15, 0.2) is 30.3 Å². The zero-order chi connectivity index (χ0) is 21.4. The largest absolute Gasteiger partial charge is 0.338 e. The molecule has 0 aliphatic rings. The molecule has 29 heavy (non-hydrogen) atoms. The summed E-state index contributed by atoms with van der Waals surface area (Å²) in [6.07, 6.45) is 1.58. The van der Waals surface area contributed by atoms with Crippen LogP contribution in [0.5, 0.6) is 0 Å². The van der Waals surface area contributed by atoms with Crippen molar-refractivity contribution >= 4 is 11.9 Å². The zero-order valence-corrected chi connectivity index (χ0v) is 17.5. The molecular weight excluding hydrogens is 373 g/mol. The number of amides is 3. The van der Waals surface area contributed by atoms with Gasteiger partial charge in [-0.05, 0) is 69.6 Å². The van der Waals surface area contributed by atoms with E-state index in [9.17, 15) is 14.0 Å². The Labute approximate surface area is 171 Å². The van der Waals surface area contributed by atoms with E-state index in [1.54, 1.807) is 19.1 Å². The van der Waals surface area contributed by atoms with Crippen molar-refractivity contribution in [3.05, 3.63) is 41.8 Å². The van der Waals surface area contributed by atoms with Gasteiger partial charge in [-0.15, -0.1) is 0 Å². The fraction of sp³-hybridized carbons (Fsp3) is 0.476. The Morgan fingerprint density at radius 1 is 1.21 bits per heavy atom. The van der Waals surface area contributed by atoms with E-state index >= 15 is 0 Å². The third-order valence-electron chi connectivity index (χ3n) is 4.68. The molecule has 0 saturated heterocycles. The molecule has 1 aromatic carbocycles. The summed E-state index contributed by atoms with van der Waals surface area (Å²) < 4.78 is 13.0. The molecule has 2 aromatic rings. The number of urea groups is 1.